The van der Waals surface area contributed by atoms with E-state index >= 15 is 0 Å². The molecule has 2 heterocycles. The lowest BCUT2D eigenvalue weighted by Crippen LogP contribution is -2.11. The molecule has 0 amide bonds. The maximum atomic E-state index is 5.98. The van der Waals surface area contributed by atoms with Crippen molar-refractivity contribution in [2.24, 2.45) is 0 Å². The van der Waals surface area contributed by atoms with Gasteiger partial charge in [-0.3, -0.25) is 0 Å². The second-order valence-corrected chi connectivity index (χ2v) is 6.08. The summed E-state index contributed by atoms with van der Waals surface area (Å²) in [5.74, 6) is 1.82. The summed E-state index contributed by atoms with van der Waals surface area (Å²) in [6.45, 7) is 1.24. The lowest BCUT2D eigenvalue weighted by atomic mass is 10.1. The van der Waals surface area contributed by atoms with Crippen molar-refractivity contribution in [1.82, 2.24) is 10.1 Å². The molecule has 1 unspecified atom stereocenters. The maximum Gasteiger partial charge on any atom is 0.256 e. The van der Waals surface area contributed by atoms with Crippen molar-refractivity contribution < 1.29 is 14.0 Å². The van der Waals surface area contributed by atoms with E-state index in [1.807, 2.05) is 54.6 Å². The van der Waals surface area contributed by atoms with E-state index in [2.05, 4.69) is 10.1 Å². The van der Waals surface area contributed by atoms with Gasteiger partial charge in [-0.15, -0.1) is 0 Å². The Hall–Kier alpha value is -2.66. The first-order chi connectivity index (χ1) is 12.4. The minimum Gasteiger partial charge on any atom is -0.488 e. The van der Waals surface area contributed by atoms with Crippen LogP contribution in [0.5, 0.6) is 5.75 Å². The van der Waals surface area contributed by atoms with Crippen LogP contribution >= 0.6 is 0 Å². The third kappa shape index (κ3) is 3.72. The normalized spacial score (nSPS) is 17.4. The molecule has 128 valence electrons. The maximum absolute atomic E-state index is 5.98. The van der Waals surface area contributed by atoms with Crippen molar-refractivity contribution in [2.45, 2.75) is 32.0 Å². The number of aromatic nitrogens is 2. The average Bonchev–Trinajstić information content (AvgIpc) is 3.18. The van der Waals surface area contributed by atoms with Gasteiger partial charge in [0.15, 0.2) is 0 Å². The van der Waals surface area contributed by atoms with Crippen molar-refractivity contribution >= 4 is 0 Å². The van der Waals surface area contributed by atoms with Crippen LogP contribution in [-0.4, -0.2) is 16.7 Å². The summed E-state index contributed by atoms with van der Waals surface area (Å²) in [6.07, 6.45) is 3.05. The summed E-state index contributed by atoms with van der Waals surface area (Å²) in [5.41, 5.74) is 1.94. The summed E-state index contributed by atoms with van der Waals surface area (Å²) in [6, 6.07) is 17.8. The Labute approximate surface area is 146 Å². The molecule has 2 aromatic carbocycles. The van der Waals surface area contributed by atoms with E-state index in [1.165, 1.54) is 0 Å². The van der Waals surface area contributed by atoms with E-state index in [1.54, 1.807) is 0 Å². The molecule has 1 aliphatic rings. The Morgan fingerprint density at radius 3 is 2.68 bits per heavy atom. The number of nitrogens with zero attached hydrogens (tertiary/aromatic N) is 2. The molecule has 0 saturated carbocycles. The first-order valence-corrected chi connectivity index (χ1v) is 8.61. The van der Waals surface area contributed by atoms with Crippen LogP contribution in [0.1, 0.15) is 36.8 Å². The fraction of sp³-hybridized carbons (Fsp3) is 0.300. The van der Waals surface area contributed by atoms with Gasteiger partial charge < -0.3 is 14.0 Å². The second-order valence-electron chi connectivity index (χ2n) is 6.08. The van der Waals surface area contributed by atoms with Gasteiger partial charge in [0.05, 0.1) is 5.56 Å². The highest BCUT2D eigenvalue weighted by Gasteiger charge is 2.23. The monoisotopic (exact) mass is 336 g/mol. The van der Waals surface area contributed by atoms with Crippen LogP contribution in [0.4, 0.5) is 0 Å². The van der Waals surface area contributed by atoms with Crippen molar-refractivity contribution in [3.63, 3.8) is 0 Å². The highest BCUT2D eigenvalue weighted by Crippen LogP contribution is 2.31. The highest BCUT2D eigenvalue weighted by molar-refractivity contribution is 5.63. The zero-order chi connectivity index (χ0) is 16.9. The molecule has 0 N–H and O–H groups in total. The molecule has 0 bridgehead atoms. The van der Waals surface area contributed by atoms with Crippen LogP contribution in [0.25, 0.3) is 11.4 Å². The zero-order valence-electron chi connectivity index (χ0n) is 13.9. The number of ether oxygens (including phenoxy) is 2. The van der Waals surface area contributed by atoms with Gasteiger partial charge in [0.25, 0.3) is 5.89 Å². The first-order valence-electron chi connectivity index (χ1n) is 8.61. The van der Waals surface area contributed by atoms with E-state index in [0.29, 0.717) is 18.3 Å². The van der Waals surface area contributed by atoms with Crippen LogP contribution in [0, 0.1) is 0 Å². The van der Waals surface area contributed by atoms with Gasteiger partial charge in [-0.25, -0.2) is 0 Å². The van der Waals surface area contributed by atoms with E-state index < -0.39 is 0 Å². The lowest BCUT2D eigenvalue weighted by Gasteiger charge is -2.18. The molecule has 1 aliphatic heterocycles. The van der Waals surface area contributed by atoms with Crippen LogP contribution < -0.4 is 4.74 Å². The minimum absolute atomic E-state index is 0.0904. The van der Waals surface area contributed by atoms with E-state index in [-0.39, 0.29) is 6.10 Å². The Morgan fingerprint density at radius 2 is 1.84 bits per heavy atom. The topological polar surface area (TPSA) is 57.4 Å². The zero-order valence-corrected chi connectivity index (χ0v) is 13.9. The van der Waals surface area contributed by atoms with E-state index in [4.69, 9.17) is 14.0 Å². The fourth-order valence-electron chi connectivity index (χ4n) is 2.92. The minimum atomic E-state index is -0.0904. The standard InChI is InChI=1S/C20H20N2O3/c1-2-8-15(9-3-1)14-24-17-11-5-4-10-16(17)19-21-20(25-22-19)18-12-6-7-13-23-18/h1-5,8-11,18H,6-7,12-14H2. The number of benzene rings is 2. The summed E-state index contributed by atoms with van der Waals surface area (Å²) in [4.78, 5) is 4.54. The summed E-state index contributed by atoms with van der Waals surface area (Å²) in [5, 5.41) is 4.13. The first kappa shape index (κ1) is 15.8. The molecular weight excluding hydrogens is 316 g/mol. The van der Waals surface area contributed by atoms with E-state index in [0.717, 1.165) is 42.7 Å². The summed E-state index contributed by atoms with van der Waals surface area (Å²) in [7, 11) is 0. The summed E-state index contributed by atoms with van der Waals surface area (Å²) >= 11 is 0. The highest BCUT2D eigenvalue weighted by atomic mass is 16.5. The van der Waals surface area contributed by atoms with Crippen molar-refractivity contribution in [3.8, 4) is 17.1 Å². The Balaban J connectivity index is 1.53. The fourth-order valence-corrected chi connectivity index (χ4v) is 2.92. The molecule has 5 nitrogen and oxygen atoms in total. The van der Waals surface area contributed by atoms with Gasteiger partial charge in [0.1, 0.15) is 18.5 Å². The predicted molar refractivity (Wildman–Crippen MR) is 93.1 cm³/mol. The Kier molecular flexibility index (Phi) is 4.74. The molecule has 3 aromatic rings. The Morgan fingerprint density at radius 1 is 1.00 bits per heavy atom. The van der Waals surface area contributed by atoms with Gasteiger partial charge in [-0.1, -0.05) is 47.6 Å². The molecule has 1 aromatic heterocycles. The smallest absolute Gasteiger partial charge is 0.256 e. The largest absolute Gasteiger partial charge is 0.488 e. The van der Waals surface area contributed by atoms with Gasteiger partial charge in [0.2, 0.25) is 5.82 Å². The van der Waals surface area contributed by atoms with Gasteiger partial charge in [-0.05, 0) is 37.0 Å². The van der Waals surface area contributed by atoms with Gasteiger partial charge in [0, 0.05) is 6.61 Å². The number of rotatable bonds is 5. The third-order valence-corrected chi connectivity index (χ3v) is 4.26. The van der Waals surface area contributed by atoms with Crippen LogP contribution in [0.2, 0.25) is 0 Å². The molecule has 0 aliphatic carbocycles. The van der Waals surface area contributed by atoms with Crippen LogP contribution in [-0.2, 0) is 11.3 Å². The van der Waals surface area contributed by atoms with Crippen molar-refractivity contribution in [3.05, 3.63) is 66.1 Å². The number of hydrogen-bond donors (Lipinski definition) is 0. The third-order valence-electron chi connectivity index (χ3n) is 4.26. The van der Waals surface area contributed by atoms with Gasteiger partial charge >= 0.3 is 0 Å². The molecule has 0 radical (unpaired) electrons. The molecule has 1 atom stereocenters. The van der Waals surface area contributed by atoms with Gasteiger partial charge in [-0.2, -0.15) is 4.98 Å². The molecule has 1 fully saturated rings. The van der Waals surface area contributed by atoms with Crippen LogP contribution in [0.15, 0.2) is 59.1 Å². The van der Waals surface area contributed by atoms with Crippen molar-refractivity contribution in [2.75, 3.05) is 6.61 Å². The quantitative estimate of drug-likeness (QED) is 0.684. The molecule has 25 heavy (non-hydrogen) atoms. The molecular formula is C20H20N2O3. The summed E-state index contributed by atoms with van der Waals surface area (Å²) < 4.78 is 17.1. The predicted octanol–water partition coefficient (Wildman–Crippen LogP) is 4.56. The number of hydrogen-bond acceptors (Lipinski definition) is 5. The SMILES string of the molecule is c1ccc(COc2ccccc2-c2noc(C3CCCCO3)n2)cc1. The molecule has 4 rings (SSSR count). The molecule has 1 saturated heterocycles. The van der Waals surface area contributed by atoms with E-state index in [9.17, 15) is 0 Å². The lowest BCUT2D eigenvalue weighted by molar-refractivity contribution is -0.00459. The average molecular weight is 336 g/mol. The van der Waals surface area contributed by atoms with Crippen molar-refractivity contribution in [1.29, 1.82) is 0 Å². The second kappa shape index (κ2) is 7.49. The molecule has 0 spiro atoms. The van der Waals surface area contributed by atoms with Crippen LogP contribution in [0.3, 0.4) is 0 Å². The molecule has 5 heteroatoms. The number of para-hydroxylation sites is 1. The Bertz CT molecular complexity index is 811.